The van der Waals surface area contributed by atoms with Gasteiger partial charge in [0.05, 0.1) is 0 Å². The van der Waals surface area contributed by atoms with Crippen molar-refractivity contribution in [2.45, 2.75) is 58.2 Å². The van der Waals surface area contributed by atoms with Gasteiger partial charge in [0.1, 0.15) is 0 Å². The highest BCUT2D eigenvalue weighted by Crippen LogP contribution is 2.40. The van der Waals surface area contributed by atoms with Crippen LogP contribution in [0.2, 0.25) is 16.6 Å². The van der Waals surface area contributed by atoms with Crippen LogP contribution in [0.25, 0.3) is 0 Å². The summed E-state index contributed by atoms with van der Waals surface area (Å²) < 4.78 is 16.3. The molecule has 0 aromatic heterocycles. The molecule has 0 unspecified atom stereocenters. The number of hydrogen-bond donors (Lipinski definition) is 3. The van der Waals surface area contributed by atoms with Crippen LogP contribution in [-0.4, -0.2) is 40.8 Å². The van der Waals surface area contributed by atoms with Crippen molar-refractivity contribution in [2.75, 3.05) is 0 Å². The van der Waals surface area contributed by atoms with Crippen LogP contribution in [0.1, 0.15) is 41.5 Å². The highest BCUT2D eigenvalue weighted by Gasteiger charge is 2.67. The molecule has 1 saturated heterocycles. The SMILES string of the molecule is CC(C)[Si]1(O)O[Si](O)(C(C)C)O[Si](O)(C(C)C)O1. The molecule has 0 amide bonds. The second kappa shape index (κ2) is 5.07. The van der Waals surface area contributed by atoms with Gasteiger partial charge in [0.2, 0.25) is 0 Å². The van der Waals surface area contributed by atoms with E-state index in [2.05, 4.69) is 0 Å². The largest absolute Gasteiger partial charge is 0.486 e. The Hall–Kier alpha value is 0.411. The monoisotopic (exact) mass is 312 g/mol. The van der Waals surface area contributed by atoms with Crippen molar-refractivity contribution in [1.29, 1.82) is 0 Å². The minimum absolute atomic E-state index is 0.294. The van der Waals surface area contributed by atoms with Gasteiger partial charge in [0.25, 0.3) is 0 Å². The third kappa shape index (κ3) is 2.94. The van der Waals surface area contributed by atoms with Gasteiger partial charge in [-0.25, -0.2) is 0 Å². The van der Waals surface area contributed by atoms with Gasteiger partial charge >= 0.3 is 26.4 Å². The maximum Gasteiger partial charge on any atom is 0.486 e. The van der Waals surface area contributed by atoms with Gasteiger partial charge in [0, 0.05) is 16.6 Å². The Morgan fingerprint density at radius 2 is 0.722 bits per heavy atom. The summed E-state index contributed by atoms with van der Waals surface area (Å²) in [7, 11) is -10.8. The van der Waals surface area contributed by atoms with Gasteiger partial charge in [-0.05, 0) is 0 Å². The third-order valence-electron chi connectivity index (χ3n) is 3.07. The zero-order chi connectivity index (χ0) is 14.4. The minimum atomic E-state index is -3.61. The number of rotatable bonds is 3. The van der Waals surface area contributed by atoms with Gasteiger partial charge in [0.15, 0.2) is 0 Å². The van der Waals surface area contributed by atoms with Crippen LogP contribution < -0.4 is 0 Å². The van der Waals surface area contributed by atoms with E-state index in [4.69, 9.17) is 12.3 Å². The summed E-state index contributed by atoms with van der Waals surface area (Å²) in [5, 5.41) is 0. The van der Waals surface area contributed by atoms with E-state index in [-0.39, 0.29) is 16.6 Å². The summed E-state index contributed by atoms with van der Waals surface area (Å²) in [5.41, 5.74) is -0.883. The van der Waals surface area contributed by atoms with Crippen LogP contribution in [0.4, 0.5) is 0 Å². The quantitative estimate of drug-likeness (QED) is 0.676. The fourth-order valence-corrected chi connectivity index (χ4v) is 13.7. The second-order valence-electron chi connectivity index (χ2n) is 5.66. The maximum absolute atomic E-state index is 10.5. The molecule has 0 bridgehead atoms. The standard InChI is InChI=1S/C9H24O6Si3/c1-7(2)16(10)13-17(11,8(3)4)15-18(12,14-16)9(5)6/h7-12H,1-6H3. The van der Waals surface area contributed by atoms with Gasteiger partial charge in [-0.15, -0.1) is 0 Å². The molecule has 0 atom stereocenters. The summed E-state index contributed by atoms with van der Waals surface area (Å²) >= 11 is 0. The van der Waals surface area contributed by atoms with Gasteiger partial charge in [-0.2, -0.15) is 0 Å². The van der Waals surface area contributed by atoms with Crippen LogP contribution in [-0.2, 0) is 12.3 Å². The van der Waals surface area contributed by atoms with E-state index >= 15 is 0 Å². The lowest BCUT2D eigenvalue weighted by Crippen LogP contribution is -2.73. The van der Waals surface area contributed by atoms with E-state index in [9.17, 15) is 14.4 Å². The summed E-state index contributed by atoms with van der Waals surface area (Å²) in [4.78, 5) is 31.4. The predicted octanol–water partition coefficient (Wildman–Crippen LogP) is 1.07. The van der Waals surface area contributed by atoms with Gasteiger partial charge < -0.3 is 26.7 Å². The van der Waals surface area contributed by atoms with Crippen LogP contribution >= 0.6 is 0 Å². The topological polar surface area (TPSA) is 88.4 Å². The van der Waals surface area contributed by atoms with Crippen molar-refractivity contribution < 1.29 is 26.7 Å². The molecule has 0 saturated carbocycles. The smallest absolute Gasteiger partial charge is 0.390 e. The Bertz CT molecular complexity index is 255. The summed E-state index contributed by atoms with van der Waals surface area (Å²) in [6.45, 7) is 10.5. The molecule has 3 N–H and O–H groups in total. The summed E-state index contributed by atoms with van der Waals surface area (Å²) in [6.07, 6.45) is 0. The molecule has 0 spiro atoms. The average molecular weight is 313 g/mol. The first kappa shape index (κ1) is 16.5. The molecule has 1 fully saturated rings. The summed E-state index contributed by atoms with van der Waals surface area (Å²) in [6, 6.07) is 0. The van der Waals surface area contributed by atoms with E-state index in [1.165, 1.54) is 0 Å². The van der Waals surface area contributed by atoms with Gasteiger partial charge in [-0.3, -0.25) is 0 Å². The normalized spacial score (nSPS) is 42.0. The highest BCUT2D eigenvalue weighted by atomic mass is 28.5. The molecule has 0 aromatic rings. The highest BCUT2D eigenvalue weighted by molar-refractivity contribution is 6.88. The van der Waals surface area contributed by atoms with Crippen molar-refractivity contribution in [3.63, 3.8) is 0 Å². The molecule has 9 heteroatoms. The molecule has 6 nitrogen and oxygen atoms in total. The Balaban J connectivity index is 3.16. The Morgan fingerprint density at radius 3 is 0.833 bits per heavy atom. The molecule has 1 aliphatic heterocycles. The van der Waals surface area contributed by atoms with E-state index in [1.54, 1.807) is 41.5 Å². The lowest BCUT2D eigenvalue weighted by atomic mass is 10.6. The fraction of sp³-hybridized carbons (Fsp3) is 1.00. The van der Waals surface area contributed by atoms with E-state index in [0.29, 0.717) is 0 Å². The van der Waals surface area contributed by atoms with Crippen molar-refractivity contribution in [3.8, 4) is 0 Å². The molecule has 0 aromatic carbocycles. The first-order valence-electron chi connectivity index (χ1n) is 6.23. The predicted molar refractivity (Wildman–Crippen MR) is 72.5 cm³/mol. The van der Waals surface area contributed by atoms with Crippen molar-refractivity contribution in [2.24, 2.45) is 0 Å². The van der Waals surface area contributed by atoms with E-state index < -0.39 is 26.4 Å². The first-order valence-corrected chi connectivity index (χ1v) is 11.7. The zero-order valence-electron chi connectivity index (χ0n) is 11.8. The molecule has 18 heavy (non-hydrogen) atoms. The van der Waals surface area contributed by atoms with Crippen molar-refractivity contribution in [1.82, 2.24) is 0 Å². The van der Waals surface area contributed by atoms with Crippen LogP contribution in [0.5, 0.6) is 0 Å². The minimum Gasteiger partial charge on any atom is -0.390 e. The molecule has 1 heterocycles. The Morgan fingerprint density at radius 1 is 0.556 bits per heavy atom. The molecule has 0 radical (unpaired) electrons. The molecular formula is C9H24O6Si3. The molecule has 108 valence electrons. The van der Waals surface area contributed by atoms with Crippen molar-refractivity contribution in [3.05, 3.63) is 0 Å². The van der Waals surface area contributed by atoms with Crippen LogP contribution in [0.3, 0.4) is 0 Å². The van der Waals surface area contributed by atoms with E-state index in [1.807, 2.05) is 0 Å². The summed E-state index contributed by atoms with van der Waals surface area (Å²) in [5.74, 6) is 0. The van der Waals surface area contributed by atoms with Crippen LogP contribution in [0, 0.1) is 0 Å². The average Bonchev–Trinajstić information content (AvgIpc) is 2.14. The molecule has 0 aliphatic carbocycles. The van der Waals surface area contributed by atoms with Crippen molar-refractivity contribution >= 4 is 26.4 Å². The zero-order valence-corrected chi connectivity index (χ0v) is 14.8. The number of hydrogen-bond acceptors (Lipinski definition) is 6. The first-order chi connectivity index (χ1) is 7.95. The fourth-order valence-electron chi connectivity index (χ4n) is 1.40. The van der Waals surface area contributed by atoms with Gasteiger partial charge in [-0.1, -0.05) is 41.5 Å². The molecule has 1 aliphatic rings. The lowest BCUT2D eigenvalue weighted by molar-refractivity contribution is 0.0531. The van der Waals surface area contributed by atoms with Crippen LogP contribution in [0.15, 0.2) is 0 Å². The maximum atomic E-state index is 10.5. The Kier molecular flexibility index (Phi) is 4.64. The Labute approximate surface area is 112 Å². The third-order valence-corrected chi connectivity index (χ3v) is 14.5. The lowest BCUT2D eigenvalue weighted by Gasteiger charge is -2.48. The van der Waals surface area contributed by atoms with E-state index in [0.717, 1.165) is 0 Å². The second-order valence-corrected chi connectivity index (χ2v) is 15.4. The molecular weight excluding hydrogens is 288 g/mol. The molecule has 1 rings (SSSR count).